The Kier molecular flexibility index (Phi) is 4.61. The maximum Gasteiger partial charge on any atom is 0.193 e. The van der Waals surface area contributed by atoms with Crippen molar-refractivity contribution in [1.29, 1.82) is 5.41 Å². The van der Waals surface area contributed by atoms with Gasteiger partial charge in [-0.15, -0.1) is 0 Å². The van der Waals surface area contributed by atoms with Crippen LogP contribution in [0.5, 0.6) is 11.5 Å². The molecule has 3 rings (SSSR count). The molecule has 0 fully saturated rings. The van der Waals surface area contributed by atoms with Gasteiger partial charge >= 0.3 is 0 Å². The largest absolute Gasteiger partial charge is 0.508 e. The van der Waals surface area contributed by atoms with Gasteiger partial charge in [0.1, 0.15) is 11.5 Å². The van der Waals surface area contributed by atoms with Gasteiger partial charge < -0.3 is 9.84 Å². The summed E-state index contributed by atoms with van der Waals surface area (Å²) in [4.78, 5) is 12.7. The minimum Gasteiger partial charge on any atom is -0.508 e. The summed E-state index contributed by atoms with van der Waals surface area (Å²) in [6.07, 6.45) is 0. The number of carbonyl (C=O) groups is 1. The number of ether oxygens (including phenoxy) is 1. The molecule has 3 aromatic rings. The third-order valence-corrected chi connectivity index (χ3v) is 3.92. The van der Waals surface area contributed by atoms with Crippen LogP contribution in [0.4, 0.5) is 0 Å². The first-order valence-corrected chi connectivity index (χ1v) is 7.75. The van der Waals surface area contributed by atoms with Crippen molar-refractivity contribution < 1.29 is 14.6 Å². The van der Waals surface area contributed by atoms with E-state index >= 15 is 0 Å². The summed E-state index contributed by atoms with van der Waals surface area (Å²) in [6, 6.07) is 20.4. The molecule has 0 aliphatic heterocycles. The van der Waals surface area contributed by atoms with E-state index in [2.05, 4.69) is 0 Å². The van der Waals surface area contributed by atoms with E-state index < -0.39 is 0 Å². The summed E-state index contributed by atoms with van der Waals surface area (Å²) in [5.41, 5.74) is 2.70. The molecule has 0 aliphatic rings. The first-order chi connectivity index (χ1) is 12.1. The third-order valence-electron chi connectivity index (χ3n) is 3.92. The van der Waals surface area contributed by atoms with E-state index in [1.165, 1.54) is 12.1 Å². The summed E-state index contributed by atoms with van der Waals surface area (Å²) >= 11 is 0. The highest BCUT2D eigenvalue weighted by Crippen LogP contribution is 2.18. The van der Waals surface area contributed by atoms with E-state index in [4.69, 9.17) is 10.1 Å². The van der Waals surface area contributed by atoms with Crippen LogP contribution in [0.1, 0.15) is 27.0 Å². The van der Waals surface area contributed by atoms with Crippen LogP contribution >= 0.6 is 0 Å². The highest BCUT2D eigenvalue weighted by atomic mass is 16.5. The van der Waals surface area contributed by atoms with Crippen LogP contribution in [0.3, 0.4) is 0 Å². The second-order valence-electron chi connectivity index (χ2n) is 5.56. The summed E-state index contributed by atoms with van der Waals surface area (Å²) in [6.45, 7) is 0. The Bertz CT molecular complexity index is 913. The van der Waals surface area contributed by atoms with Gasteiger partial charge in [-0.25, -0.2) is 0 Å². The van der Waals surface area contributed by atoms with Gasteiger partial charge in [-0.3, -0.25) is 10.2 Å². The fourth-order valence-electron chi connectivity index (χ4n) is 2.52. The number of methoxy groups -OCH3 is 1. The molecular formula is C21H17NO3. The molecule has 25 heavy (non-hydrogen) atoms. The summed E-state index contributed by atoms with van der Waals surface area (Å²) in [5.74, 6) is 0.738. The zero-order valence-electron chi connectivity index (χ0n) is 13.7. The molecular weight excluding hydrogens is 314 g/mol. The lowest BCUT2D eigenvalue weighted by atomic mass is 9.97. The van der Waals surface area contributed by atoms with Gasteiger partial charge in [-0.05, 0) is 54.6 Å². The van der Waals surface area contributed by atoms with E-state index in [1.807, 2.05) is 0 Å². The van der Waals surface area contributed by atoms with Crippen molar-refractivity contribution in [3.8, 4) is 11.5 Å². The standard InChI is InChI=1S/C21H17NO3/c1-25-19-11-7-15(8-12-19)21(24)17-4-2-3-16(13-17)20(22)14-5-9-18(23)10-6-14/h2-13,22-23H,1H3. The van der Waals surface area contributed by atoms with Gasteiger partial charge in [0.2, 0.25) is 0 Å². The highest BCUT2D eigenvalue weighted by molar-refractivity contribution is 6.14. The van der Waals surface area contributed by atoms with Gasteiger partial charge in [-0.2, -0.15) is 0 Å². The predicted octanol–water partition coefficient (Wildman–Crippen LogP) is 4.05. The quantitative estimate of drug-likeness (QED) is 0.547. The molecule has 0 spiro atoms. The Hall–Kier alpha value is -3.40. The zero-order chi connectivity index (χ0) is 17.8. The molecule has 0 aromatic heterocycles. The molecule has 0 atom stereocenters. The van der Waals surface area contributed by atoms with Crippen LogP contribution < -0.4 is 4.74 Å². The van der Waals surface area contributed by atoms with Crippen LogP contribution in [0.25, 0.3) is 0 Å². The van der Waals surface area contributed by atoms with Crippen LogP contribution in [0.2, 0.25) is 0 Å². The minimum absolute atomic E-state index is 0.108. The van der Waals surface area contributed by atoms with Crippen molar-refractivity contribution in [1.82, 2.24) is 0 Å². The Morgan fingerprint density at radius 3 is 2.08 bits per heavy atom. The van der Waals surface area contributed by atoms with Crippen LogP contribution in [0.15, 0.2) is 72.8 Å². The Morgan fingerprint density at radius 2 is 1.44 bits per heavy atom. The van der Waals surface area contributed by atoms with Crippen molar-refractivity contribution in [3.05, 3.63) is 95.1 Å². The smallest absolute Gasteiger partial charge is 0.193 e. The molecule has 4 heteroatoms. The fourth-order valence-corrected chi connectivity index (χ4v) is 2.52. The molecule has 2 N–H and O–H groups in total. The lowest BCUT2D eigenvalue weighted by Crippen LogP contribution is -2.05. The average molecular weight is 331 g/mol. The molecule has 0 aliphatic carbocycles. The van der Waals surface area contributed by atoms with E-state index in [0.29, 0.717) is 33.7 Å². The maximum atomic E-state index is 12.7. The molecule has 4 nitrogen and oxygen atoms in total. The Balaban J connectivity index is 1.88. The van der Waals surface area contributed by atoms with Crippen LogP contribution in [-0.4, -0.2) is 23.7 Å². The van der Waals surface area contributed by atoms with Gasteiger partial charge in [0.05, 0.1) is 12.8 Å². The van der Waals surface area contributed by atoms with Gasteiger partial charge in [0, 0.05) is 22.3 Å². The lowest BCUT2D eigenvalue weighted by molar-refractivity contribution is 0.103. The van der Waals surface area contributed by atoms with E-state index in [-0.39, 0.29) is 11.5 Å². The molecule has 3 aromatic carbocycles. The molecule has 0 saturated heterocycles. The van der Waals surface area contributed by atoms with Gasteiger partial charge in [-0.1, -0.05) is 18.2 Å². The van der Waals surface area contributed by atoms with E-state index in [1.54, 1.807) is 67.8 Å². The zero-order valence-corrected chi connectivity index (χ0v) is 13.7. The van der Waals surface area contributed by atoms with Crippen LogP contribution in [0, 0.1) is 5.41 Å². The highest BCUT2D eigenvalue weighted by Gasteiger charge is 2.12. The number of rotatable bonds is 5. The van der Waals surface area contributed by atoms with E-state index in [0.717, 1.165) is 0 Å². The summed E-state index contributed by atoms with van der Waals surface area (Å²) in [5, 5.41) is 17.7. The average Bonchev–Trinajstić information content (AvgIpc) is 2.67. The summed E-state index contributed by atoms with van der Waals surface area (Å²) in [7, 11) is 1.58. The first kappa shape index (κ1) is 16.5. The van der Waals surface area contributed by atoms with Crippen molar-refractivity contribution in [2.75, 3.05) is 7.11 Å². The second-order valence-corrected chi connectivity index (χ2v) is 5.56. The van der Waals surface area contributed by atoms with Crippen LogP contribution in [-0.2, 0) is 0 Å². The predicted molar refractivity (Wildman–Crippen MR) is 96.9 cm³/mol. The van der Waals surface area contributed by atoms with Crippen molar-refractivity contribution in [2.24, 2.45) is 0 Å². The van der Waals surface area contributed by atoms with E-state index in [9.17, 15) is 9.90 Å². The number of benzene rings is 3. The number of carbonyl (C=O) groups excluding carboxylic acids is 1. The molecule has 0 saturated carbocycles. The molecule has 0 amide bonds. The number of phenolic OH excluding ortho intramolecular Hbond substituents is 1. The third kappa shape index (κ3) is 3.58. The number of nitrogens with one attached hydrogen (secondary N) is 1. The number of phenols is 1. The lowest BCUT2D eigenvalue weighted by Gasteiger charge is -2.08. The van der Waals surface area contributed by atoms with Gasteiger partial charge in [0.25, 0.3) is 0 Å². The Labute approximate surface area is 145 Å². The SMILES string of the molecule is COc1ccc(C(=O)c2cccc(C(=N)c3ccc(O)cc3)c2)cc1. The van der Waals surface area contributed by atoms with Crippen molar-refractivity contribution >= 4 is 11.5 Å². The molecule has 0 radical (unpaired) electrons. The number of hydrogen-bond donors (Lipinski definition) is 2. The maximum absolute atomic E-state index is 12.7. The minimum atomic E-state index is -0.108. The normalized spacial score (nSPS) is 10.3. The first-order valence-electron chi connectivity index (χ1n) is 7.75. The number of hydrogen-bond acceptors (Lipinski definition) is 4. The van der Waals surface area contributed by atoms with Crippen molar-refractivity contribution in [2.45, 2.75) is 0 Å². The number of aromatic hydroxyl groups is 1. The molecule has 124 valence electrons. The molecule has 0 heterocycles. The topological polar surface area (TPSA) is 70.4 Å². The molecule has 0 unspecified atom stereocenters. The second kappa shape index (κ2) is 7.01. The molecule has 0 bridgehead atoms. The van der Waals surface area contributed by atoms with Gasteiger partial charge in [0.15, 0.2) is 5.78 Å². The van der Waals surface area contributed by atoms with Crippen molar-refractivity contribution in [3.63, 3.8) is 0 Å². The summed E-state index contributed by atoms with van der Waals surface area (Å²) < 4.78 is 5.11. The monoisotopic (exact) mass is 331 g/mol. The number of ketones is 1. The fraction of sp³-hybridized carbons (Fsp3) is 0.0476. The Morgan fingerprint density at radius 1 is 0.840 bits per heavy atom.